The van der Waals surface area contributed by atoms with Crippen LogP contribution in [0.5, 0.6) is 0 Å². The number of benzene rings is 1. The van der Waals surface area contributed by atoms with Gasteiger partial charge in [-0.25, -0.2) is 13.2 Å². The molecule has 2 aliphatic rings. The smallest absolute Gasteiger partial charge is 0.147 e. The first-order chi connectivity index (χ1) is 16.0. The number of rotatable bonds is 11. The monoisotopic (exact) mass is 498 g/mol. The van der Waals surface area contributed by atoms with Crippen LogP contribution in [0.25, 0.3) is 5.83 Å². The first-order valence-electron chi connectivity index (χ1n) is 13.5. The molecule has 0 spiro atoms. The fourth-order valence-electron chi connectivity index (χ4n) is 6.39. The van der Waals surface area contributed by atoms with Crippen molar-refractivity contribution < 1.29 is 13.2 Å². The van der Waals surface area contributed by atoms with E-state index in [-0.39, 0.29) is 0 Å². The summed E-state index contributed by atoms with van der Waals surface area (Å²) in [6.45, 7) is 2.31. The molecular formula is C28H42ClF3Si. The maximum absolute atomic E-state index is 14.1. The van der Waals surface area contributed by atoms with Gasteiger partial charge in [0, 0.05) is 14.3 Å². The highest BCUT2D eigenvalue weighted by atomic mass is 35.5. The van der Waals surface area contributed by atoms with E-state index in [0.29, 0.717) is 17.5 Å². The van der Waals surface area contributed by atoms with Crippen LogP contribution in [0.2, 0.25) is 18.1 Å². The van der Waals surface area contributed by atoms with Crippen molar-refractivity contribution in [2.75, 3.05) is 0 Å². The summed E-state index contributed by atoms with van der Waals surface area (Å²) in [4.78, 5) is 0. The Morgan fingerprint density at radius 2 is 1.58 bits per heavy atom. The first-order valence-corrected chi connectivity index (χ1v) is 16.3. The summed E-state index contributed by atoms with van der Waals surface area (Å²) < 4.78 is 41.6. The Labute approximate surface area is 206 Å². The van der Waals surface area contributed by atoms with Gasteiger partial charge in [0.1, 0.15) is 17.5 Å². The van der Waals surface area contributed by atoms with Crippen LogP contribution in [-0.2, 0) is 6.42 Å². The molecule has 33 heavy (non-hydrogen) atoms. The predicted molar refractivity (Wildman–Crippen MR) is 138 cm³/mol. The molecule has 0 bridgehead atoms. The summed E-state index contributed by atoms with van der Waals surface area (Å²) >= 11 is 5.26. The quantitative estimate of drug-likeness (QED) is 0.210. The van der Waals surface area contributed by atoms with E-state index in [2.05, 4.69) is 6.92 Å². The zero-order chi connectivity index (χ0) is 23.6. The molecule has 0 N–H and O–H groups in total. The minimum Gasteiger partial charge on any atom is -0.206 e. The van der Waals surface area contributed by atoms with Gasteiger partial charge in [0.05, 0.1) is 5.56 Å². The van der Waals surface area contributed by atoms with Gasteiger partial charge in [-0.3, -0.25) is 0 Å². The molecule has 1 saturated carbocycles. The lowest BCUT2D eigenvalue weighted by Gasteiger charge is -2.37. The van der Waals surface area contributed by atoms with E-state index in [4.69, 9.17) is 11.6 Å². The van der Waals surface area contributed by atoms with Gasteiger partial charge in [-0.1, -0.05) is 94.4 Å². The molecule has 1 aromatic carbocycles. The minimum absolute atomic E-state index is 0.399. The number of hydrogen-bond acceptors (Lipinski definition) is 0. The van der Waals surface area contributed by atoms with Gasteiger partial charge in [0.25, 0.3) is 0 Å². The number of unbranched alkanes of at least 4 members (excludes halogenated alkanes) is 3. The summed E-state index contributed by atoms with van der Waals surface area (Å²) in [6.07, 6.45) is 16.7. The van der Waals surface area contributed by atoms with E-state index in [1.54, 1.807) is 18.1 Å². The van der Waals surface area contributed by atoms with Crippen LogP contribution in [0.3, 0.4) is 0 Å². The van der Waals surface area contributed by atoms with Crippen molar-refractivity contribution in [1.29, 1.82) is 0 Å². The van der Waals surface area contributed by atoms with E-state index in [1.165, 1.54) is 76.3 Å². The van der Waals surface area contributed by atoms with Gasteiger partial charge in [-0.2, -0.15) is 0 Å². The number of halogens is 4. The molecule has 0 amide bonds. The Hall–Kier alpha value is -0.743. The third-order valence-corrected chi connectivity index (χ3v) is 12.1. The van der Waals surface area contributed by atoms with Crippen LogP contribution in [0.1, 0.15) is 95.1 Å². The zero-order valence-electron chi connectivity index (χ0n) is 20.4. The molecule has 0 atom stereocenters. The molecule has 2 fully saturated rings. The van der Waals surface area contributed by atoms with Crippen LogP contribution in [-0.4, -0.2) is 8.80 Å². The summed E-state index contributed by atoms with van der Waals surface area (Å²) in [7, 11) is -0.399. The summed E-state index contributed by atoms with van der Waals surface area (Å²) in [5, 5.41) is 0. The zero-order valence-corrected chi connectivity index (χ0v) is 22.3. The van der Waals surface area contributed by atoms with Crippen LogP contribution in [0, 0.1) is 29.4 Å². The molecule has 0 nitrogen and oxygen atoms in total. The van der Waals surface area contributed by atoms with E-state index in [1.807, 2.05) is 0 Å². The molecule has 3 rings (SSSR count). The summed E-state index contributed by atoms with van der Waals surface area (Å²) in [6, 6.07) is 7.28. The van der Waals surface area contributed by atoms with Gasteiger partial charge in [0.15, 0.2) is 0 Å². The minimum atomic E-state index is -1.07. The highest BCUT2D eigenvalue weighted by molar-refractivity contribution is 6.58. The summed E-state index contributed by atoms with van der Waals surface area (Å²) in [5.41, 5.74) is 0.489. The largest absolute Gasteiger partial charge is 0.206 e. The molecule has 1 aliphatic heterocycles. The van der Waals surface area contributed by atoms with Crippen LogP contribution in [0.15, 0.2) is 17.7 Å². The average Bonchev–Trinajstić information content (AvgIpc) is 2.82. The average molecular weight is 499 g/mol. The Morgan fingerprint density at radius 3 is 2.18 bits per heavy atom. The van der Waals surface area contributed by atoms with Crippen LogP contribution >= 0.6 is 11.6 Å². The third kappa shape index (κ3) is 8.16. The van der Waals surface area contributed by atoms with Crippen molar-refractivity contribution in [3.8, 4) is 0 Å². The van der Waals surface area contributed by atoms with Crippen molar-refractivity contribution in [2.45, 2.75) is 109 Å². The van der Waals surface area contributed by atoms with E-state index in [9.17, 15) is 13.2 Å². The fraction of sp³-hybridized carbons (Fsp3) is 0.714. The first kappa shape index (κ1) is 26.9. The molecule has 5 heteroatoms. The molecule has 0 aromatic heterocycles. The number of aryl methyl sites for hydroxylation is 1. The molecule has 1 saturated heterocycles. The van der Waals surface area contributed by atoms with Crippen molar-refractivity contribution >= 4 is 26.2 Å². The number of hydrogen-bond donors (Lipinski definition) is 0. The second kappa shape index (κ2) is 14.0. The van der Waals surface area contributed by atoms with Gasteiger partial charge < -0.3 is 0 Å². The molecule has 0 unspecified atom stereocenters. The fourth-order valence-corrected chi connectivity index (χ4v) is 10.0. The highest BCUT2D eigenvalue weighted by Crippen LogP contribution is 2.42. The highest BCUT2D eigenvalue weighted by Gasteiger charge is 2.30. The normalized spacial score (nSPS) is 26.5. The van der Waals surface area contributed by atoms with E-state index in [0.717, 1.165) is 30.6 Å². The van der Waals surface area contributed by atoms with Crippen LogP contribution in [0.4, 0.5) is 13.2 Å². The maximum Gasteiger partial charge on any atom is 0.147 e. The predicted octanol–water partition coefficient (Wildman–Crippen LogP) is 9.82. The molecule has 0 radical (unpaired) electrons. The van der Waals surface area contributed by atoms with Crippen LogP contribution < -0.4 is 0 Å². The Balaban J connectivity index is 1.32. The van der Waals surface area contributed by atoms with Crippen molar-refractivity contribution in [2.24, 2.45) is 17.8 Å². The SMILES string of the molecule is CCCCC[SiH]1CCC([C@H]2CC[C@H](CCCCc3cc(F)c(/C(F)=C/Cl)c(F)c3)CC2)CC1. The Bertz CT molecular complexity index is 727. The lowest BCUT2D eigenvalue weighted by molar-refractivity contribution is 0.184. The lowest BCUT2D eigenvalue weighted by atomic mass is 9.73. The standard InChI is InChI=1S/C28H42ClF3Si/c1-2-3-6-15-33-16-13-24(14-17-33)23-11-9-21(10-12-23)7-4-5-8-22-18-25(30)28(26(31)19-22)27(32)20-29/h18-21,23-24,33H,2-17H2,1H3/b27-20-/t21-,23-,24?,33?. The van der Waals surface area contributed by atoms with Gasteiger partial charge in [-0.15, -0.1) is 0 Å². The van der Waals surface area contributed by atoms with Gasteiger partial charge in [0.2, 0.25) is 0 Å². The van der Waals surface area contributed by atoms with E-state index < -0.39 is 31.8 Å². The molecule has 1 heterocycles. The van der Waals surface area contributed by atoms with Crippen molar-refractivity contribution in [3.05, 3.63) is 40.4 Å². The molecule has 186 valence electrons. The summed E-state index contributed by atoms with van der Waals surface area (Å²) in [5.74, 6) is -0.0349. The van der Waals surface area contributed by atoms with E-state index >= 15 is 0 Å². The van der Waals surface area contributed by atoms with Gasteiger partial charge in [-0.05, 0) is 61.1 Å². The second-order valence-electron chi connectivity index (χ2n) is 10.7. The molecular weight excluding hydrogens is 457 g/mol. The third-order valence-electron chi connectivity index (χ3n) is 8.43. The van der Waals surface area contributed by atoms with Gasteiger partial charge >= 0.3 is 0 Å². The molecule has 1 aromatic rings. The second-order valence-corrected chi connectivity index (χ2v) is 14.4. The Morgan fingerprint density at radius 1 is 0.939 bits per heavy atom. The lowest BCUT2D eigenvalue weighted by Crippen LogP contribution is -2.28. The van der Waals surface area contributed by atoms with Crippen molar-refractivity contribution in [3.63, 3.8) is 0 Å². The topological polar surface area (TPSA) is 0 Å². The van der Waals surface area contributed by atoms with Crippen molar-refractivity contribution in [1.82, 2.24) is 0 Å². The Kier molecular flexibility index (Phi) is 11.4. The maximum atomic E-state index is 14.1. The molecule has 1 aliphatic carbocycles.